The summed E-state index contributed by atoms with van der Waals surface area (Å²) in [6.07, 6.45) is -1.46. The highest BCUT2D eigenvalue weighted by atomic mass is 35.5. The first-order valence-electron chi connectivity index (χ1n) is 5.08. The van der Waals surface area contributed by atoms with Crippen LogP contribution in [0, 0.1) is 5.82 Å². The molecule has 0 radical (unpaired) electrons. The SMILES string of the molecule is O[C@@H]1CN(Cc2cc(F)ccc2Cl)C[C@@H]1O. The molecule has 1 fully saturated rings. The van der Waals surface area contributed by atoms with Gasteiger partial charge in [0.1, 0.15) is 5.82 Å². The lowest BCUT2D eigenvalue weighted by atomic mass is 10.2. The van der Waals surface area contributed by atoms with Gasteiger partial charge in [-0.2, -0.15) is 0 Å². The summed E-state index contributed by atoms with van der Waals surface area (Å²) in [6, 6.07) is 4.19. The quantitative estimate of drug-likeness (QED) is 0.818. The monoisotopic (exact) mass is 245 g/mol. The summed E-state index contributed by atoms with van der Waals surface area (Å²) in [5.74, 6) is -0.334. The van der Waals surface area contributed by atoms with Crippen molar-refractivity contribution in [2.75, 3.05) is 13.1 Å². The Kier molecular flexibility index (Phi) is 3.44. The zero-order valence-corrected chi connectivity index (χ0v) is 9.36. The van der Waals surface area contributed by atoms with Crippen LogP contribution >= 0.6 is 11.6 Å². The first-order chi connectivity index (χ1) is 7.56. The maximum absolute atomic E-state index is 13.0. The first-order valence-corrected chi connectivity index (χ1v) is 5.46. The molecule has 1 aliphatic rings. The van der Waals surface area contributed by atoms with Gasteiger partial charge in [0.25, 0.3) is 0 Å². The molecule has 0 aromatic heterocycles. The van der Waals surface area contributed by atoms with E-state index in [1.54, 1.807) is 0 Å². The highest BCUT2D eigenvalue weighted by Crippen LogP contribution is 2.21. The number of aliphatic hydroxyl groups excluding tert-OH is 2. The van der Waals surface area contributed by atoms with Gasteiger partial charge in [0.2, 0.25) is 0 Å². The molecule has 1 aliphatic heterocycles. The van der Waals surface area contributed by atoms with E-state index in [9.17, 15) is 14.6 Å². The molecule has 1 heterocycles. The Bertz CT molecular complexity index is 378. The molecular weight excluding hydrogens is 233 g/mol. The van der Waals surface area contributed by atoms with E-state index in [2.05, 4.69) is 0 Å². The lowest BCUT2D eigenvalue weighted by Crippen LogP contribution is -2.22. The molecule has 88 valence electrons. The summed E-state index contributed by atoms with van der Waals surface area (Å²) < 4.78 is 13.0. The van der Waals surface area contributed by atoms with Gasteiger partial charge in [-0.3, -0.25) is 4.90 Å². The number of β-amino-alcohol motifs (C(OH)–C–C–N with tert-alkyl or cyclic N) is 2. The highest BCUT2D eigenvalue weighted by Gasteiger charge is 2.29. The molecule has 0 bridgehead atoms. The molecule has 0 amide bonds. The number of hydrogen-bond acceptors (Lipinski definition) is 3. The fraction of sp³-hybridized carbons (Fsp3) is 0.455. The number of rotatable bonds is 2. The van der Waals surface area contributed by atoms with Gasteiger partial charge < -0.3 is 10.2 Å². The normalized spacial score (nSPS) is 26.2. The predicted molar refractivity (Wildman–Crippen MR) is 58.7 cm³/mol. The second kappa shape index (κ2) is 4.67. The molecule has 0 aliphatic carbocycles. The van der Waals surface area contributed by atoms with E-state index in [0.717, 1.165) is 0 Å². The van der Waals surface area contributed by atoms with Crippen molar-refractivity contribution in [3.05, 3.63) is 34.6 Å². The number of hydrogen-bond donors (Lipinski definition) is 2. The van der Waals surface area contributed by atoms with Crippen LogP contribution in [0.2, 0.25) is 5.02 Å². The van der Waals surface area contributed by atoms with E-state index in [4.69, 9.17) is 11.6 Å². The van der Waals surface area contributed by atoms with Crippen molar-refractivity contribution in [2.45, 2.75) is 18.8 Å². The second-order valence-electron chi connectivity index (χ2n) is 4.06. The minimum absolute atomic E-state index is 0.334. The average molecular weight is 246 g/mol. The van der Waals surface area contributed by atoms with E-state index < -0.39 is 12.2 Å². The fourth-order valence-corrected chi connectivity index (χ4v) is 2.06. The van der Waals surface area contributed by atoms with Gasteiger partial charge in [-0.15, -0.1) is 0 Å². The molecule has 5 heteroatoms. The number of likely N-dealkylation sites (tertiary alicyclic amines) is 1. The molecule has 2 rings (SSSR count). The van der Waals surface area contributed by atoms with Crippen LogP contribution in [-0.2, 0) is 6.54 Å². The van der Waals surface area contributed by atoms with Crippen molar-refractivity contribution in [1.82, 2.24) is 4.90 Å². The Morgan fingerprint density at radius 3 is 2.56 bits per heavy atom. The summed E-state index contributed by atoms with van der Waals surface area (Å²) in [5.41, 5.74) is 0.669. The van der Waals surface area contributed by atoms with Crippen molar-refractivity contribution in [2.24, 2.45) is 0 Å². The largest absolute Gasteiger partial charge is 0.389 e. The van der Waals surface area contributed by atoms with Crippen LogP contribution in [0.15, 0.2) is 18.2 Å². The zero-order chi connectivity index (χ0) is 11.7. The first kappa shape index (κ1) is 11.8. The molecule has 0 saturated carbocycles. The third kappa shape index (κ3) is 2.52. The van der Waals surface area contributed by atoms with Gasteiger partial charge in [0.05, 0.1) is 12.2 Å². The van der Waals surface area contributed by atoms with Crippen molar-refractivity contribution in [1.29, 1.82) is 0 Å². The number of halogens is 2. The molecule has 0 unspecified atom stereocenters. The van der Waals surface area contributed by atoms with Crippen molar-refractivity contribution < 1.29 is 14.6 Å². The van der Waals surface area contributed by atoms with Crippen LogP contribution < -0.4 is 0 Å². The Hall–Kier alpha value is -0.680. The summed E-state index contributed by atoms with van der Waals surface area (Å²) in [6.45, 7) is 1.20. The summed E-state index contributed by atoms with van der Waals surface area (Å²) in [7, 11) is 0. The van der Waals surface area contributed by atoms with Gasteiger partial charge in [-0.1, -0.05) is 11.6 Å². The van der Waals surface area contributed by atoms with Crippen LogP contribution in [0.5, 0.6) is 0 Å². The van der Waals surface area contributed by atoms with Crippen LogP contribution in [0.25, 0.3) is 0 Å². The minimum Gasteiger partial charge on any atom is -0.389 e. The maximum atomic E-state index is 13.0. The van der Waals surface area contributed by atoms with Crippen LogP contribution in [-0.4, -0.2) is 40.4 Å². The minimum atomic E-state index is -0.729. The van der Waals surface area contributed by atoms with Gasteiger partial charge in [0, 0.05) is 24.7 Å². The van der Waals surface area contributed by atoms with E-state index in [0.29, 0.717) is 30.2 Å². The lowest BCUT2D eigenvalue weighted by Gasteiger charge is -2.15. The molecule has 2 N–H and O–H groups in total. The zero-order valence-electron chi connectivity index (χ0n) is 8.61. The molecule has 3 nitrogen and oxygen atoms in total. The molecule has 0 spiro atoms. The molecule has 1 aromatic carbocycles. The smallest absolute Gasteiger partial charge is 0.123 e. The molecule has 2 atom stereocenters. The number of nitrogens with zero attached hydrogens (tertiary/aromatic N) is 1. The maximum Gasteiger partial charge on any atom is 0.123 e. The second-order valence-corrected chi connectivity index (χ2v) is 4.47. The topological polar surface area (TPSA) is 43.7 Å². The fourth-order valence-electron chi connectivity index (χ4n) is 1.88. The van der Waals surface area contributed by atoms with Crippen LogP contribution in [0.4, 0.5) is 4.39 Å². The van der Waals surface area contributed by atoms with E-state index in [1.165, 1.54) is 18.2 Å². The average Bonchev–Trinajstić information content (AvgIpc) is 2.52. The Morgan fingerprint density at radius 2 is 1.94 bits per heavy atom. The van der Waals surface area contributed by atoms with Gasteiger partial charge in [-0.25, -0.2) is 4.39 Å². The van der Waals surface area contributed by atoms with E-state index >= 15 is 0 Å². The van der Waals surface area contributed by atoms with Crippen molar-refractivity contribution in [3.63, 3.8) is 0 Å². The van der Waals surface area contributed by atoms with E-state index in [-0.39, 0.29) is 5.82 Å². The summed E-state index contributed by atoms with van der Waals surface area (Å²) in [5, 5.41) is 19.2. The Labute approximate surface area is 98.1 Å². The van der Waals surface area contributed by atoms with Gasteiger partial charge in [0.15, 0.2) is 0 Å². The third-order valence-electron chi connectivity index (χ3n) is 2.74. The number of aliphatic hydroxyl groups is 2. The van der Waals surface area contributed by atoms with Gasteiger partial charge >= 0.3 is 0 Å². The van der Waals surface area contributed by atoms with E-state index in [1.807, 2.05) is 4.90 Å². The van der Waals surface area contributed by atoms with Crippen LogP contribution in [0.3, 0.4) is 0 Å². The van der Waals surface area contributed by atoms with Crippen molar-refractivity contribution in [3.8, 4) is 0 Å². The molecule has 1 saturated heterocycles. The standard InChI is InChI=1S/C11H13ClFNO2/c12-9-2-1-8(13)3-7(9)4-14-5-10(15)11(16)6-14/h1-3,10-11,15-16H,4-6H2/t10-,11+. The third-order valence-corrected chi connectivity index (χ3v) is 3.11. The molecule has 1 aromatic rings. The Balaban J connectivity index is 2.07. The van der Waals surface area contributed by atoms with Crippen molar-refractivity contribution >= 4 is 11.6 Å². The van der Waals surface area contributed by atoms with Crippen LogP contribution in [0.1, 0.15) is 5.56 Å². The lowest BCUT2D eigenvalue weighted by molar-refractivity contribution is 0.0572. The molecule has 16 heavy (non-hydrogen) atoms. The summed E-state index contributed by atoms with van der Waals surface area (Å²) >= 11 is 5.93. The van der Waals surface area contributed by atoms with Gasteiger partial charge in [-0.05, 0) is 23.8 Å². The predicted octanol–water partition coefficient (Wildman–Crippen LogP) is 1.02. The Morgan fingerprint density at radius 1 is 1.31 bits per heavy atom. The molecular formula is C11H13ClFNO2. The summed E-state index contributed by atoms with van der Waals surface area (Å²) in [4.78, 5) is 1.84. The highest BCUT2D eigenvalue weighted by molar-refractivity contribution is 6.31. The number of benzene rings is 1.